The third kappa shape index (κ3) is 6.44. The Hall–Kier alpha value is -1.60. The molecule has 0 radical (unpaired) electrons. The fraction of sp³-hybridized carbons (Fsp3) is 0.533. The molecule has 0 bridgehead atoms. The molecular weight excluding hydrogens is 304 g/mol. The van der Waals surface area contributed by atoms with Crippen molar-refractivity contribution < 1.29 is 17.9 Å². The van der Waals surface area contributed by atoms with E-state index in [1.807, 2.05) is 24.3 Å². The fourth-order valence-corrected chi connectivity index (χ4v) is 2.35. The van der Waals surface area contributed by atoms with Gasteiger partial charge in [-0.1, -0.05) is 32.0 Å². The maximum atomic E-state index is 11.9. The van der Waals surface area contributed by atoms with E-state index in [2.05, 4.69) is 23.9 Å². The Kier molecular flexibility index (Phi) is 6.83. The molecule has 1 unspecified atom stereocenters. The van der Waals surface area contributed by atoms with Crippen LogP contribution in [0.25, 0.3) is 0 Å². The van der Waals surface area contributed by atoms with E-state index in [4.69, 9.17) is 4.74 Å². The van der Waals surface area contributed by atoms with Crippen LogP contribution in [0, 0.1) is 0 Å². The monoisotopic (exact) mass is 328 g/mol. The molecule has 0 spiro atoms. The predicted octanol–water partition coefficient (Wildman–Crippen LogP) is 1.24. The molecule has 0 heterocycles. The van der Waals surface area contributed by atoms with E-state index in [9.17, 15) is 13.2 Å². The van der Waals surface area contributed by atoms with Crippen LogP contribution in [-0.2, 0) is 14.8 Å². The summed E-state index contributed by atoms with van der Waals surface area (Å²) < 4.78 is 29.8. The first-order valence-corrected chi connectivity index (χ1v) is 9.07. The summed E-state index contributed by atoms with van der Waals surface area (Å²) in [5.41, 5.74) is 1.04. The maximum absolute atomic E-state index is 11.9. The lowest BCUT2D eigenvalue weighted by molar-refractivity contribution is -0.127. The van der Waals surface area contributed by atoms with Crippen LogP contribution in [0.5, 0.6) is 5.75 Å². The molecule has 0 aliphatic rings. The SMILES string of the molecule is CC(Oc1ccccc1C(C)C)C(=O)NCCNS(C)(=O)=O. The van der Waals surface area contributed by atoms with Gasteiger partial charge in [-0.15, -0.1) is 0 Å². The van der Waals surface area contributed by atoms with Crippen molar-refractivity contribution in [3.63, 3.8) is 0 Å². The minimum atomic E-state index is -3.24. The Morgan fingerprint density at radius 2 is 1.82 bits per heavy atom. The molecule has 22 heavy (non-hydrogen) atoms. The third-order valence-corrected chi connectivity index (χ3v) is 3.73. The number of benzene rings is 1. The van der Waals surface area contributed by atoms with Crippen LogP contribution in [-0.4, -0.2) is 39.8 Å². The van der Waals surface area contributed by atoms with E-state index >= 15 is 0 Å². The van der Waals surface area contributed by atoms with Crippen LogP contribution in [0.3, 0.4) is 0 Å². The van der Waals surface area contributed by atoms with Crippen molar-refractivity contribution in [1.29, 1.82) is 0 Å². The Morgan fingerprint density at radius 3 is 2.41 bits per heavy atom. The highest BCUT2D eigenvalue weighted by atomic mass is 32.2. The molecule has 1 aromatic rings. The van der Waals surface area contributed by atoms with Gasteiger partial charge in [0.2, 0.25) is 10.0 Å². The van der Waals surface area contributed by atoms with Gasteiger partial charge < -0.3 is 10.1 Å². The fourth-order valence-electron chi connectivity index (χ4n) is 1.87. The van der Waals surface area contributed by atoms with Crippen LogP contribution in [0.15, 0.2) is 24.3 Å². The number of ether oxygens (including phenoxy) is 1. The number of para-hydroxylation sites is 1. The highest BCUT2D eigenvalue weighted by Gasteiger charge is 2.16. The quantitative estimate of drug-likeness (QED) is 0.703. The van der Waals surface area contributed by atoms with Crippen LogP contribution in [0.4, 0.5) is 0 Å². The summed E-state index contributed by atoms with van der Waals surface area (Å²) in [4.78, 5) is 11.9. The highest BCUT2D eigenvalue weighted by molar-refractivity contribution is 7.88. The van der Waals surface area contributed by atoms with Gasteiger partial charge >= 0.3 is 0 Å². The number of rotatable bonds is 8. The largest absolute Gasteiger partial charge is 0.481 e. The van der Waals surface area contributed by atoms with Gasteiger partial charge in [-0.2, -0.15) is 0 Å². The smallest absolute Gasteiger partial charge is 0.260 e. The van der Waals surface area contributed by atoms with Crippen molar-refractivity contribution in [1.82, 2.24) is 10.0 Å². The Labute approximate surface area is 132 Å². The summed E-state index contributed by atoms with van der Waals surface area (Å²) in [5, 5.41) is 2.63. The van der Waals surface area contributed by atoms with E-state index in [0.717, 1.165) is 11.8 Å². The molecule has 7 heteroatoms. The second-order valence-electron chi connectivity index (χ2n) is 5.41. The number of nitrogens with one attached hydrogen (secondary N) is 2. The molecular formula is C15H24N2O4S. The minimum Gasteiger partial charge on any atom is -0.481 e. The molecule has 0 fully saturated rings. The Bertz CT molecular complexity index is 599. The summed E-state index contributed by atoms with van der Waals surface area (Å²) in [6, 6.07) is 7.61. The van der Waals surface area contributed by atoms with Crippen LogP contribution in [0.1, 0.15) is 32.3 Å². The number of hydrogen-bond donors (Lipinski definition) is 2. The first kappa shape index (κ1) is 18.4. The molecule has 124 valence electrons. The zero-order valence-corrected chi connectivity index (χ0v) is 14.2. The van der Waals surface area contributed by atoms with Crippen LogP contribution in [0.2, 0.25) is 0 Å². The standard InChI is InChI=1S/C15H24N2O4S/c1-11(2)13-7-5-6-8-14(13)21-12(3)15(18)16-9-10-17-22(4,19)20/h5-8,11-12,17H,9-10H2,1-4H3,(H,16,18). The molecule has 0 saturated carbocycles. The van der Waals surface area contributed by atoms with Crippen molar-refractivity contribution in [2.24, 2.45) is 0 Å². The number of carbonyl (C=O) groups is 1. The molecule has 1 atom stereocenters. The number of sulfonamides is 1. The number of hydrogen-bond acceptors (Lipinski definition) is 4. The van der Waals surface area contributed by atoms with Gasteiger partial charge in [-0.3, -0.25) is 4.79 Å². The van der Waals surface area contributed by atoms with Crippen LogP contribution >= 0.6 is 0 Å². The van der Waals surface area contributed by atoms with Crippen molar-refractivity contribution in [3.8, 4) is 5.75 Å². The highest BCUT2D eigenvalue weighted by Crippen LogP contribution is 2.26. The average Bonchev–Trinajstić information content (AvgIpc) is 2.42. The van der Waals surface area contributed by atoms with Crippen molar-refractivity contribution in [2.45, 2.75) is 32.8 Å². The van der Waals surface area contributed by atoms with Crippen molar-refractivity contribution in [3.05, 3.63) is 29.8 Å². The van der Waals surface area contributed by atoms with Crippen molar-refractivity contribution in [2.75, 3.05) is 19.3 Å². The normalized spacial score (nSPS) is 13.0. The predicted molar refractivity (Wildman–Crippen MR) is 86.5 cm³/mol. The van der Waals surface area contributed by atoms with Gasteiger partial charge in [0, 0.05) is 13.1 Å². The summed E-state index contributed by atoms with van der Waals surface area (Å²) in [6.45, 7) is 6.15. The Balaban J connectivity index is 2.51. The van der Waals surface area contributed by atoms with Gasteiger partial charge in [0.1, 0.15) is 5.75 Å². The lowest BCUT2D eigenvalue weighted by atomic mass is 10.0. The molecule has 1 amide bonds. The summed E-state index contributed by atoms with van der Waals surface area (Å²) in [5.74, 6) is 0.702. The minimum absolute atomic E-state index is 0.153. The molecule has 0 saturated heterocycles. The zero-order chi connectivity index (χ0) is 16.8. The summed E-state index contributed by atoms with van der Waals surface area (Å²) in [7, 11) is -3.24. The second kappa shape index (κ2) is 8.14. The molecule has 6 nitrogen and oxygen atoms in total. The van der Waals surface area contributed by atoms with Gasteiger partial charge in [0.15, 0.2) is 6.10 Å². The van der Waals surface area contributed by atoms with E-state index in [-0.39, 0.29) is 19.0 Å². The molecule has 0 aromatic heterocycles. The topological polar surface area (TPSA) is 84.5 Å². The van der Waals surface area contributed by atoms with Gasteiger partial charge in [-0.05, 0) is 24.5 Å². The van der Waals surface area contributed by atoms with Gasteiger partial charge in [0.25, 0.3) is 5.91 Å². The van der Waals surface area contributed by atoms with E-state index in [1.165, 1.54) is 0 Å². The third-order valence-electron chi connectivity index (χ3n) is 3.00. The first-order chi connectivity index (χ1) is 10.2. The maximum Gasteiger partial charge on any atom is 0.260 e. The van der Waals surface area contributed by atoms with Gasteiger partial charge in [0.05, 0.1) is 6.26 Å². The zero-order valence-electron chi connectivity index (χ0n) is 13.4. The average molecular weight is 328 g/mol. The Morgan fingerprint density at radius 1 is 1.18 bits per heavy atom. The number of carbonyl (C=O) groups excluding carboxylic acids is 1. The van der Waals surface area contributed by atoms with Crippen LogP contribution < -0.4 is 14.8 Å². The molecule has 1 aromatic carbocycles. The lowest BCUT2D eigenvalue weighted by Gasteiger charge is -2.18. The van der Waals surface area contributed by atoms with E-state index < -0.39 is 16.1 Å². The number of amides is 1. The molecule has 0 aliphatic carbocycles. The van der Waals surface area contributed by atoms with E-state index in [1.54, 1.807) is 6.92 Å². The van der Waals surface area contributed by atoms with E-state index in [0.29, 0.717) is 11.7 Å². The molecule has 1 rings (SSSR count). The second-order valence-corrected chi connectivity index (χ2v) is 7.24. The summed E-state index contributed by atoms with van der Waals surface area (Å²) in [6.07, 6.45) is 0.418. The lowest BCUT2D eigenvalue weighted by Crippen LogP contribution is -2.40. The molecule has 2 N–H and O–H groups in total. The summed E-state index contributed by atoms with van der Waals surface area (Å²) >= 11 is 0. The van der Waals surface area contributed by atoms with Crippen molar-refractivity contribution >= 4 is 15.9 Å². The first-order valence-electron chi connectivity index (χ1n) is 7.18. The molecule has 0 aliphatic heterocycles. The van der Waals surface area contributed by atoms with Gasteiger partial charge in [-0.25, -0.2) is 13.1 Å².